The van der Waals surface area contributed by atoms with Gasteiger partial charge in [0.2, 0.25) is 0 Å². The zero-order valence-electron chi connectivity index (χ0n) is 16.9. The summed E-state index contributed by atoms with van der Waals surface area (Å²) < 4.78 is 1.20. The highest BCUT2D eigenvalue weighted by atomic mass is 35.5. The third-order valence-corrected chi connectivity index (χ3v) is 5.40. The predicted molar refractivity (Wildman–Crippen MR) is 107 cm³/mol. The number of hydrogen-bond donors (Lipinski definition) is 0. The number of quaternary nitrogens is 1. The highest BCUT2D eigenvalue weighted by Crippen LogP contribution is 2.14. The Hall–Kier alpha value is 0.540. The first kappa shape index (κ1) is 26.8. The summed E-state index contributed by atoms with van der Waals surface area (Å²) in [6.07, 6.45) is 19.7. The SMILES string of the molecule is CCCCCCCCC[N+](C)(CCCl)CCCCCCCCC.[Cl-]. The average Bonchev–Trinajstić information content (AvgIpc) is 2.53. The van der Waals surface area contributed by atoms with Gasteiger partial charge in [-0.05, 0) is 25.7 Å². The predicted octanol–water partition coefficient (Wildman–Crippen LogP) is 4.18. The summed E-state index contributed by atoms with van der Waals surface area (Å²) in [5, 5.41) is 0. The molecule has 0 aliphatic carbocycles. The molecule has 0 bridgehead atoms. The molecule has 3 heteroatoms. The maximum absolute atomic E-state index is 6.06. The fourth-order valence-electron chi connectivity index (χ4n) is 3.44. The Morgan fingerprint density at radius 1 is 0.542 bits per heavy atom. The van der Waals surface area contributed by atoms with E-state index in [-0.39, 0.29) is 12.4 Å². The number of hydrogen-bond acceptors (Lipinski definition) is 0. The van der Waals surface area contributed by atoms with E-state index < -0.39 is 0 Å². The molecule has 0 radical (unpaired) electrons. The van der Waals surface area contributed by atoms with Crippen LogP contribution in [0.15, 0.2) is 0 Å². The molecule has 0 aromatic carbocycles. The normalized spacial score (nSPS) is 11.5. The molecule has 0 N–H and O–H groups in total. The van der Waals surface area contributed by atoms with Crippen LogP contribution in [0.1, 0.15) is 104 Å². The average molecular weight is 383 g/mol. The minimum Gasteiger partial charge on any atom is -1.00 e. The van der Waals surface area contributed by atoms with Crippen LogP contribution in [0.3, 0.4) is 0 Å². The summed E-state index contributed by atoms with van der Waals surface area (Å²) in [5.74, 6) is 0.809. The second kappa shape index (κ2) is 19.9. The molecule has 24 heavy (non-hydrogen) atoms. The third kappa shape index (κ3) is 17.4. The molecule has 0 saturated heterocycles. The van der Waals surface area contributed by atoms with Crippen LogP contribution >= 0.6 is 11.6 Å². The highest BCUT2D eigenvalue weighted by molar-refractivity contribution is 6.17. The molecule has 0 aliphatic rings. The molecule has 0 unspecified atom stereocenters. The second-order valence-electron chi connectivity index (χ2n) is 7.72. The van der Waals surface area contributed by atoms with Crippen molar-refractivity contribution >= 4 is 11.6 Å². The molecule has 1 nitrogen and oxygen atoms in total. The summed E-state index contributed by atoms with van der Waals surface area (Å²) in [5.41, 5.74) is 0. The number of alkyl halides is 1. The number of halogens is 2. The summed E-state index contributed by atoms with van der Waals surface area (Å²) in [6, 6.07) is 0. The van der Waals surface area contributed by atoms with E-state index in [1.165, 1.54) is 107 Å². The van der Waals surface area contributed by atoms with Gasteiger partial charge in [0.1, 0.15) is 0 Å². The number of unbranched alkanes of at least 4 members (excludes halogenated alkanes) is 12. The van der Waals surface area contributed by atoms with Gasteiger partial charge in [0.25, 0.3) is 0 Å². The van der Waals surface area contributed by atoms with Crippen molar-refractivity contribution in [2.45, 2.75) is 104 Å². The molecule has 148 valence electrons. The summed E-state index contributed by atoms with van der Waals surface area (Å²) in [6.45, 7) is 8.39. The third-order valence-electron chi connectivity index (χ3n) is 5.23. The van der Waals surface area contributed by atoms with Gasteiger partial charge in [-0.1, -0.05) is 78.1 Å². The van der Waals surface area contributed by atoms with Gasteiger partial charge >= 0.3 is 0 Å². The molecule has 0 aromatic heterocycles. The van der Waals surface area contributed by atoms with Gasteiger partial charge in [0, 0.05) is 0 Å². The Bertz CT molecular complexity index is 216. The van der Waals surface area contributed by atoms with Crippen LogP contribution in [0.4, 0.5) is 0 Å². The van der Waals surface area contributed by atoms with Gasteiger partial charge in [-0.25, -0.2) is 0 Å². The first-order valence-corrected chi connectivity index (χ1v) is 11.1. The van der Waals surface area contributed by atoms with Crippen LogP contribution in [-0.4, -0.2) is 37.0 Å². The van der Waals surface area contributed by atoms with E-state index in [2.05, 4.69) is 20.9 Å². The van der Waals surface area contributed by atoms with Crippen molar-refractivity contribution in [1.29, 1.82) is 0 Å². The maximum atomic E-state index is 6.06. The van der Waals surface area contributed by atoms with Crippen LogP contribution in [-0.2, 0) is 0 Å². The minimum absolute atomic E-state index is 0. The highest BCUT2D eigenvalue weighted by Gasteiger charge is 2.19. The molecular weight excluding hydrogens is 337 g/mol. The first-order chi connectivity index (χ1) is 11.2. The van der Waals surface area contributed by atoms with Crippen LogP contribution in [0.2, 0.25) is 0 Å². The standard InChI is InChI=1S/C21H45ClN.ClH/c1-4-6-8-10-12-14-16-19-23(3,21-18-22)20-17-15-13-11-9-7-5-2;/h4-21H2,1-3H3;1H/q+1;/p-1. The molecule has 0 saturated carbocycles. The van der Waals surface area contributed by atoms with Crippen molar-refractivity contribution in [3.8, 4) is 0 Å². The van der Waals surface area contributed by atoms with E-state index in [0.717, 1.165) is 12.4 Å². The van der Waals surface area contributed by atoms with E-state index in [1.54, 1.807) is 0 Å². The lowest BCUT2D eigenvalue weighted by Gasteiger charge is -2.34. The maximum Gasteiger partial charge on any atom is 0.0922 e. The molecule has 0 aromatic rings. The van der Waals surface area contributed by atoms with Crippen molar-refractivity contribution < 1.29 is 16.9 Å². The zero-order chi connectivity index (χ0) is 17.2. The van der Waals surface area contributed by atoms with Crippen LogP contribution in [0.5, 0.6) is 0 Å². The Balaban J connectivity index is 0. The fourth-order valence-corrected chi connectivity index (χ4v) is 3.85. The van der Waals surface area contributed by atoms with Gasteiger partial charge < -0.3 is 16.9 Å². The van der Waals surface area contributed by atoms with Crippen LogP contribution in [0.25, 0.3) is 0 Å². The summed E-state index contributed by atoms with van der Waals surface area (Å²) in [7, 11) is 2.43. The summed E-state index contributed by atoms with van der Waals surface area (Å²) in [4.78, 5) is 0. The van der Waals surface area contributed by atoms with Crippen molar-refractivity contribution in [3.05, 3.63) is 0 Å². The van der Waals surface area contributed by atoms with Crippen molar-refractivity contribution in [2.24, 2.45) is 0 Å². The number of rotatable bonds is 18. The lowest BCUT2D eigenvalue weighted by molar-refractivity contribution is -0.907. The van der Waals surface area contributed by atoms with Gasteiger partial charge in [-0.3, -0.25) is 0 Å². The topological polar surface area (TPSA) is 0 Å². The van der Waals surface area contributed by atoms with Crippen molar-refractivity contribution in [3.63, 3.8) is 0 Å². The van der Waals surface area contributed by atoms with Crippen LogP contribution in [0, 0.1) is 0 Å². The molecule has 0 fully saturated rings. The smallest absolute Gasteiger partial charge is 0.0922 e. The van der Waals surface area contributed by atoms with Gasteiger partial charge in [-0.15, -0.1) is 11.6 Å². The Kier molecular flexibility index (Phi) is 22.1. The second-order valence-corrected chi connectivity index (χ2v) is 8.10. The van der Waals surface area contributed by atoms with E-state index in [0.29, 0.717) is 0 Å². The van der Waals surface area contributed by atoms with Crippen molar-refractivity contribution in [1.82, 2.24) is 0 Å². The van der Waals surface area contributed by atoms with E-state index >= 15 is 0 Å². The largest absolute Gasteiger partial charge is 1.00 e. The monoisotopic (exact) mass is 381 g/mol. The molecule has 0 rings (SSSR count). The van der Waals surface area contributed by atoms with Crippen LogP contribution < -0.4 is 12.4 Å². The molecule has 0 spiro atoms. The van der Waals surface area contributed by atoms with Crippen molar-refractivity contribution in [2.75, 3.05) is 32.6 Å². The molecule has 0 heterocycles. The Labute approximate surface area is 164 Å². The lowest BCUT2D eigenvalue weighted by atomic mass is 10.1. The lowest BCUT2D eigenvalue weighted by Crippen LogP contribution is -3.00. The Morgan fingerprint density at radius 3 is 1.21 bits per heavy atom. The van der Waals surface area contributed by atoms with Gasteiger partial charge in [0.15, 0.2) is 0 Å². The summed E-state index contributed by atoms with van der Waals surface area (Å²) >= 11 is 6.06. The first-order valence-electron chi connectivity index (χ1n) is 10.6. The molecule has 0 amide bonds. The molecule has 0 atom stereocenters. The van der Waals surface area contributed by atoms with E-state index in [4.69, 9.17) is 11.6 Å². The molecule has 0 aliphatic heterocycles. The van der Waals surface area contributed by atoms with E-state index in [9.17, 15) is 0 Å². The van der Waals surface area contributed by atoms with Gasteiger partial charge in [0.05, 0.1) is 32.6 Å². The fraction of sp³-hybridized carbons (Fsp3) is 1.00. The van der Waals surface area contributed by atoms with E-state index in [1.807, 2.05) is 0 Å². The minimum atomic E-state index is 0. The number of nitrogens with zero attached hydrogens (tertiary/aromatic N) is 1. The quantitative estimate of drug-likeness (QED) is 0.190. The van der Waals surface area contributed by atoms with Gasteiger partial charge in [-0.2, -0.15) is 0 Å². The Morgan fingerprint density at radius 2 is 0.875 bits per heavy atom. The molecular formula is C21H45Cl2N. The zero-order valence-corrected chi connectivity index (χ0v) is 18.4.